The van der Waals surface area contributed by atoms with E-state index in [1.165, 1.54) is 30.9 Å². The van der Waals surface area contributed by atoms with Crippen molar-refractivity contribution in [2.45, 2.75) is 0 Å². The predicted molar refractivity (Wildman–Crippen MR) is 213 cm³/mol. The maximum Gasteiger partial charge on any atom is 0.164 e. The van der Waals surface area contributed by atoms with E-state index in [-0.39, 0.29) is 0 Å². The Labute approximate surface area is 298 Å². The summed E-state index contributed by atoms with van der Waals surface area (Å²) in [6.45, 7) is 0. The number of hydrogen-bond acceptors (Lipinski definition) is 5. The molecule has 0 aliphatic carbocycles. The van der Waals surface area contributed by atoms with Crippen LogP contribution in [-0.2, 0) is 0 Å². The molecule has 0 spiro atoms. The van der Waals surface area contributed by atoms with Gasteiger partial charge in [0.25, 0.3) is 0 Å². The lowest BCUT2D eigenvalue weighted by Crippen LogP contribution is -2.00. The number of aromatic nitrogens is 4. The lowest BCUT2D eigenvalue weighted by Gasteiger charge is -2.13. The van der Waals surface area contributed by atoms with Crippen molar-refractivity contribution in [2.24, 2.45) is 0 Å². The van der Waals surface area contributed by atoms with Gasteiger partial charge >= 0.3 is 0 Å². The highest BCUT2D eigenvalue weighted by Gasteiger charge is 2.20. The number of para-hydroxylation sites is 1. The molecule has 0 bridgehead atoms. The molecule has 3 heterocycles. The van der Waals surface area contributed by atoms with Crippen LogP contribution in [0.5, 0.6) is 0 Å². The third kappa shape index (κ3) is 5.06. The van der Waals surface area contributed by atoms with Gasteiger partial charge in [0.1, 0.15) is 0 Å². The fraction of sp³-hybridized carbons (Fsp3) is 0. The van der Waals surface area contributed by atoms with Crippen LogP contribution in [0, 0.1) is 0 Å². The summed E-state index contributed by atoms with van der Waals surface area (Å²) < 4.78 is 2.48. The second-order valence-electron chi connectivity index (χ2n) is 12.6. The summed E-state index contributed by atoms with van der Waals surface area (Å²) >= 11 is 1.83. The zero-order valence-electron chi connectivity index (χ0n) is 27.4. The number of nitrogens with zero attached hydrogens (tertiary/aromatic N) is 4. The molecule has 0 radical (unpaired) electrons. The first-order chi connectivity index (χ1) is 25.3. The predicted octanol–water partition coefficient (Wildman–Crippen LogP) is 12.3. The Balaban J connectivity index is 1.16. The summed E-state index contributed by atoms with van der Waals surface area (Å²) in [5, 5.41) is 6.09. The largest absolute Gasteiger partial charge is 0.246 e. The molecule has 0 amide bonds. The van der Waals surface area contributed by atoms with Crippen molar-refractivity contribution in [3.63, 3.8) is 0 Å². The number of benzene rings is 7. The summed E-state index contributed by atoms with van der Waals surface area (Å²) in [6.07, 6.45) is 0. The van der Waals surface area contributed by atoms with Crippen molar-refractivity contribution >= 4 is 53.2 Å². The zero-order valence-corrected chi connectivity index (χ0v) is 28.2. The average molecular weight is 669 g/mol. The van der Waals surface area contributed by atoms with Crippen LogP contribution >= 0.6 is 11.3 Å². The molecule has 0 N–H and O–H groups in total. The van der Waals surface area contributed by atoms with Crippen LogP contribution < -0.4 is 0 Å². The van der Waals surface area contributed by atoms with Crippen molar-refractivity contribution in [2.75, 3.05) is 0 Å². The van der Waals surface area contributed by atoms with E-state index in [0.717, 1.165) is 50.0 Å². The van der Waals surface area contributed by atoms with Crippen LogP contribution in [0.4, 0.5) is 0 Å². The molecule has 4 nitrogen and oxygen atoms in total. The topological polar surface area (TPSA) is 51.6 Å². The van der Waals surface area contributed by atoms with E-state index in [4.69, 9.17) is 19.9 Å². The maximum atomic E-state index is 5.54. The van der Waals surface area contributed by atoms with Crippen LogP contribution in [-0.4, -0.2) is 19.9 Å². The van der Waals surface area contributed by atoms with Gasteiger partial charge in [0.05, 0.1) is 15.9 Å². The van der Waals surface area contributed by atoms with Crippen molar-refractivity contribution in [3.8, 4) is 56.5 Å². The highest BCUT2D eigenvalue weighted by Crippen LogP contribution is 2.45. The number of fused-ring (bicyclic) bond motifs is 6. The Morgan fingerprint density at radius 2 is 0.863 bits per heavy atom. The molecule has 0 unspecified atom stereocenters. The Kier molecular flexibility index (Phi) is 6.96. The van der Waals surface area contributed by atoms with E-state index < -0.39 is 0 Å². The highest BCUT2D eigenvalue weighted by atomic mass is 32.1. The van der Waals surface area contributed by atoms with Gasteiger partial charge in [-0.15, -0.1) is 11.3 Å². The third-order valence-electron chi connectivity index (χ3n) is 9.54. The molecular formula is C46H28N4S. The summed E-state index contributed by atoms with van der Waals surface area (Å²) in [5.74, 6) is 1.93. The van der Waals surface area contributed by atoms with Gasteiger partial charge in [0.2, 0.25) is 0 Å². The SMILES string of the molecule is c1ccc(-c2nc(-c3ccccc3)nc(-c3ccc(-c4cccc5c4nc(-c4cccc6ccccc46)c4sc6ccccc6c45)cc3)n2)cc1. The van der Waals surface area contributed by atoms with Crippen LogP contribution in [0.25, 0.3) is 98.4 Å². The third-order valence-corrected chi connectivity index (χ3v) is 10.7. The second-order valence-corrected chi connectivity index (χ2v) is 13.7. The molecule has 238 valence electrons. The van der Waals surface area contributed by atoms with E-state index >= 15 is 0 Å². The van der Waals surface area contributed by atoms with Gasteiger partial charge in [-0.05, 0) is 22.4 Å². The monoisotopic (exact) mass is 668 g/mol. The standard InChI is InChI=1S/C46H28N4S/c1-3-14-31(15-4-1)44-48-45(32-16-5-2-6-17-32)50-46(49-44)33-27-25-30(26-28-33)35-21-12-23-38-40-37-20-9-10-24-39(37)51-43(40)42(47-41(35)38)36-22-11-18-29-13-7-8-19-34(29)36/h1-28H. The van der Waals surface area contributed by atoms with Crippen molar-refractivity contribution < 1.29 is 0 Å². The first-order valence-corrected chi connectivity index (χ1v) is 17.8. The fourth-order valence-electron chi connectivity index (χ4n) is 7.09. The summed E-state index contributed by atoms with van der Waals surface area (Å²) in [7, 11) is 0. The van der Waals surface area contributed by atoms with E-state index in [1.807, 2.05) is 72.0 Å². The lowest BCUT2D eigenvalue weighted by atomic mass is 9.96. The fourth-order valence-corrected chi connectivity index (χ4v) is 8.31. The molecule has 0 atom stereocenters. The molecule has 10 rings (SSSR count). The second kappa shape index (κ2) is 12.1. The van der Waals surface area contributed by atoms with Gasteiger partial charge in [-0.2, -0.15) is 0 Å². The molecule has 5 heteroatoms. The van der Waals surface area contributed by atoms with Gasteiger partial charge in [0, 0.05) is 48.7 Å². The molecule has 0 saturated heterocycles. The smallest absolute Gasteiger partial charge is 0.164 e. The minimum absolute atomic E-state index is 0.634. The molecular weight excluding hydrogens is 641 g/mol. The van der Waals surface area contributed by atoms with Gasteiger partial charge in [0.15, 0.2) is 17.5 Å². The molecule has 0 aliphatic heterocycles. The number of rotatable bonds is 5. The zero-order chi connectivity index (χ0) is 33.7. The van der Waals surface area contributed by atoms with E-state index in [2.05, 4.69) is 109 Å². The maximum absolute atomic E-state index is 5.54. The van der Waals surface area contributed by atoms with Crippen LogP contribution in [0.15, 0.2) is 170 Å². The molecule has 7 aromatic carbocycles. The Bertz CT molecular complexity index is 2840. The summed E-state index contributed by atoms with van der Waals surface area (Å²) in [4.78, 5) is 20.3. The Morgan fingerprint density at radius 3 is 1.57 bits per heavy atom. The van der Waals surface area contributed by atoms with E-state index in [0.29, 0.717) is 17.5 Å². The van der Waals surface area contributed by atoms with Gasteiger partial charge in [-0.3, -0.25) is 0 Å². The first kappa shape index (κ1) is 29.4. The number of hydrogen-bond donors (Lipinski definition) is 0. The lowest BCUT2D eigenvalue weighted by molar-refractivity contribution is 1.07. The van der Waals surface area contributed by atoms with E-state index in [9.17, 15) is 0 Å². The molecule has 3 aromatic heterocycles. The first-order valence-electron chi connectivity index (χ1n) is 17.0. The molecule has 0 saturated carbocycles. The molecule has 0 aliphatic rings. The highest BCUT2D eigenvalue weighted by molar-refractivity contribution is 7.26. The van der Waals surface area contributed by atoms with Gasteiger partial charge < -0.3 is 0 Å². The quantitative estimate of drug-likeness (QED) is 0.183. The van der Waals surface area contributed by atoms with Crippen LogP contribution in [0.3, 0.4) is 0 Å². The summed E-state index contributed by atoms with van der Waals surface area (Å²) in [5.41, 5.74) is 8.15. The van der Waals surface area contributed by atoms with Crippen LogP contribution in [0.2, 0.25) is 0 Å². The minimum atomic E-state index is 0.634. The van der Waals surface area contributed by atoms with Crippen molar-refractivity contribution in [1.29, 1.82) is 0 Å². The normalized spacial score (nSPS) is 11.5. The Morgan fingerprint density at radius 1 is 0.353 bits per heavy atom. The summed E-state index contributed by atoms with van der Waals surface area (Å²) in [6, 6.07) is 59.1. The minimum Gasteiger partial charge on any atom is -0.246 e. The van der Waals surface area contributed by atoms with Crippen molar-refractivity contribution in [3.05, 3.63) is 170 Å². The van der Waals surface area contributed by atoms with Gasteiger partial charge in [-0.25, -0.2) is 19.9 Å². The van der Waals surface area contributed by atoms with E-state index in [1.54, 1.807) is 0 Å². The van der Waals surface area contributed by atoms with Gasteiger partial charge in [-0.1, -0.05) is 164 Å². The number of pyridine rings is 1. The average Bonchev–Trinajstić information content (AvgIpc) is 3.61. The van der Waals surface area contributed by atoms with Crippen LogP contribution in [0.1, 0.15) is 0 Å². The Hall–Kier alpha value is -6.56. The molecule has 10 aromatic rings. The molecule has 51 heavy (non-hydrogen) atoms. The molecule has 0 fully saturated rings. The number of thiophene rings is 1. The van der Waals surface area contributed by atoms with Crippen molar-refractivity contribution in [1.82, 2.24) is 19.9 Å².